The number of rotatable bonds is 5. The number of amides is 1. The van der Waals surface area contributed by atoms with E-state index in [-0.39, 0.29) is 34.3 Å². The van der Waals surface area contributed by atoms with Gasteiger partial charge in [-0.2, -0.15) is 5.10 Å². The van der Waals surface area contributed by atoms with Gasteiger partial charge in [-0.05, 0) is 53.9 Å². The minimum atomic E-state index is -4.73. The number of hydrogen-bond acceptors (Lipinski definition) is 3. The van der Waals surface area contributed by atoms with Crippen molar-refractivity contribution in [2.45, 2.75) is 59.2 Å². The van der Waals surface area contributed by atoms with Crippen molar-refractivity contribution in [3.63, 3.8) is 0 Å². The fourth-order valence-corrected chi connectivity index (χ4v) is 4.91. The number of benzene rings is 1. The van der Waals surface area contributed by atoms with Crippen LogP contribution >= 0.6 is 0 Å². The van der Waals surface area contributed by atoms with Gasteiger partial charge in [0, 0.05) is 24.1 Å². The molecule has 2 saturated carbocycles. The second kappa shape index (κ2) is 7.00. The number of anilines is 1. The lowest BCUT2D eigenvalue weighted by molar-refractivity contribution is -0.274. The van der Waals surface area contributed by atoms with E-state index in [0.29, 0.717) is 5.82 Å². The largest absolute Gasteiger partial charge is 0.573 e. The van der Waals surface area contributed by atoms with E-state index >= 15 is 0 Å². The van der Waals surface area contributed by atoms with E-state index in [4.69, 9.17) is 0 Å². The molecule has 1 amide bonds. The molecule has 31 heavy (non-hydrogen) atoms. The second-order valence-corrected chi connectivity index (χ2v) is 9.80. The zero-order valence-electron chi connectivity index (χ0n) is 18.4. The lowest BCUT2D eigenvalue weighted by Gasteiger charge is -2.27. The molecule has 0 saturated heterocycles. The molecule has 1 aromatic carbocycles. The van der Waals surface area contributed by atoms with E-state index < -0.39 is 6.36 Å². The van der Waals surface area contributed by atoms with Crippen molar-refractivity contribution < 1.29 is 22.7 Å². The average molecular weight is 435 g/mol. The zero-order chi connectivity index (χ0) is 22.8. The van der Waals surface area contributed by atoms with Crippen LogP contribution in [-0.4, -0.2) is 22.1 Å². The summed E-state index contributed by atoms with van der Waals surface area (Å²) in [6, 6.07) is 5.79. The Morgan fingerprint density at radius 3 is 2.16 bits per heavy atom. The first-order valence-corrected chi connectivity index (χ1v) is 10.6. The Bertz CT molecular complexity index is 988. The quantitative estimate of drug-likeness (QED) is 0.639. The van der Waals surface area contributed by atoms with Crippen molar-refractivity contribution in [3.8, 4) is 17.0 Å². The molecule has 0 aliphatic heterocycles. The van der Waals surface area contributed by atoms with Crippen LogP contribution < -0.4 is 10.1 Å². The first-order chi connectivity index (χ1) is 14.3. The minimum Gasteiger partial charge on any atom is -0.406 e. The molecule has 2 aromatic rings. The number of nitrogens with one attached hydrogen (secondary N) is 1. The number of hydrogen-bond donors (Lipinski definition) is 1. The van der Waals surface area contributed by atoms with E-state index in [1.165, 1.54) is 12.1 Å². The van der Waals surface area contributed by atoms with Crippen LogP contribution in [0, 0.1) is 16.7 Å². The van der Waals surface area contributed by atoms with Crippen LogP contribution in [0.2, 0.25) is 0 Å². The van der Waals surface area contributed by atoms with Gasteiger partial charge in [-0.25, -0.2) is 0 Å². The van der Waals surface area contributed by atoms with Gasteiger partial charge in [-0.1, -0.05) is 34.1 Å². The number of halogens is 3. The first-order valence-electron chi connectivity index (χ1n) is 10.6. The summed E-state index contributed by atoms with van der Waals surface area (Å²) >= 11 is 0. The fraction of sp³-hybridized carbons (Fsp3) is 0.565. The molecule has 0 spiro atoms. The first kappa shape index (κ1) is 21.7. The number of aromatic nitrogens is 2. The van der Waals surface area contributed by atoms with Gasteiger partial charge in [0.15, 0.2) is 5.82 Å². The Morgan fingerprint density at radius 1 is 1.13 bits per heavy atom. The highest BCUT2D eigenvalue weighted by Crippen LogP contribution is 2.68. The van der Waals surface area contributed by atoms with E-state index in [0.717, 1.165) is 36.1 Å². The van der Waals surface area contributed by atoms with Gasteiger partial charge in [-0.15, -0.1) is 13.2 Å². The van der Waals surface area contributed by atoms with E-state index in [1.54, 1.807) is 23.9 Å². The number of aryl methyl sites for hydroxylation is 1. The number of nitrogens with zero attached hydrogens (tertiary/aromatic N) is 2. The molecule has 0 bridgehead atoms. The second-order valence-electron chi connectivity index (χ2n) is 9.80. The topological polar surface area (TPSA) is 56.2 Å². The van der Waals surface area contributed by atoms with Gasteiger partial charge >= 0.3 is 6.36 Å². The van der Waals surface area contributed by atoms with Crippen LogP contribution in [0.5, 0.6) is 5.75 Å². The summed E-state index contributed by atoms with van der Waals surface area (Å²) in [6.07, 6.45) is -1.63. The maximum atomic E-state index is 13.0. The number of carbonyl (C=O) groups is 1. The summed E-state index contributed by atoms with van der Waals surface area (Å²) in [5.74, 6) is 0.426. The van der Waals surface area contributed by atoms with Crippen molar-refractivity contribution in [3.05, 3.63) is 29.8 Å². The van der Waals surface area contributed by atoms with Crippen molar-refractivity contribution in [2.75, 3.05) is 5.32 Å². The Labute approximate surface area is 180 Å². The van der Waals surface area contributed by atoms with Gasteiger partial charge in [0.05, 0.1) is 5.69 Å². The summed E-state index contributed by atoms with van der Waals surface area (Å²) < 4.78 is 43.1. The third-order valence-electron chi connectivity index (χ3n) is 7.48. The number of ether oxygens (including phenoxy) is 1. The highest BCUT2D eigenvalue weighted by Gasteiger charge is 2.68. The van der Waals surface area contributed by atoms with Crippen LogP contribution in [0.3, 0.4) is 0 Å². The van der Waals surface area contributed by atoms with Gasteiger partial charge in [0.25, 0.3) is 0 Å². The van der Waals surface area contributed by atoms with Crippen LogP contribution in [0.4, 0.5) is 19.0 Å². The summed E-state index contributed by atoms with van der Waals surface area (Å²) in [4.78, 5) is 13.0. The standard InChI is InChI=1S/C23H28F3N3O2/c1-21(2)18(22(21,3)4)20(30)27-19-16(13-7-6-8-13)17(29(5)28-19)14-9-11-15(12-10-14)31-23(24,25)26/h9-13,18H,6-8H2,1-5H3,(H,27,28,30). The predicted octanol–water partition coefficient (Wildman–Crippen LogP) is 5.87. The molecule has 1 N–H and O–H groups in total. The molecule has 0 unspecified atom stereocenters. The smallest absolute Gasteiger partial charge is 0.406 e. The lowest BCUT2D eigenvalue weighted by atomic mass is 9.79. The Morgan fingerprint density at radius 2 is 1.71 bits per heavy atom. The molecule has 8 heteroatoms. The molecule has 4 rings (SSSR count). The molecule has 2 fully saturated rings. The highest BCUT2D eigenvalue weighted by atomic mass is 19.4. The number of alkyl halides is 3. The Balaban J connectivity index is 1.65. The van der Waals surface area contributed by atoms with Gasteiger partial charge in [0.1, 0.15) is 5.75 Å². The molecule has 5 nitrogen and oxygen atoms in total. The van der Waals surface area contributed by atoms with Crippen LogP contribution in [0.15, 0.2) is 24.3 Å². The van der Waals surface area contributed by atoms with Crippen LogP contribution in [0.25, 0.3) is 11.3 Å². The molecule has 0 radical (unpaired) electrons. The Hall–Kier alpha value is -2.51. The molecular formula is C23H28F3N3O2. The fourth-order valence-electron chi connectivity index (χ4n) is 4.91. The number of carbonyl (C=O) groups excluding carboxylic acids is 1. The monoisotopic (exact) mass is 435 g/mol. The molecular weight excluding hydrogens is 407 g/mol. The zero-order valence-corrected chi connectivity index (χ0v) is 18.4. The summed E-state index contributed by atoms with van der Waals surface area (Å²) in [7, 11) is 1.79. The van der Waals surface area contributed by atoms with Crippen molar-refractivity contribution in [1.82, 2.24) is 9.78 Å². The Kier molecular flexibility index (Phi) is 4.90. The third-order valence-corrected chi connectivity index (χ3v) is 7.48. The summed E-state index contributed by atoms with van der Waals surface area (Å²) in [6.45, 7) is 8.38. The molecule has 168 valence electrons. The van der Waals surface area contributed by atoms with Crippen molar-refractivity contribution in [2.24, 2.45) is 23.8 Å². The summed E-state index contributed by atoms with van der Waals surface area (Å²) in [5.41, 5.74) is 2.34. The SMILES string of the molecule is Cn1nc(NC(=O)C2C(C)(C)C2(C)C)c(C2CCC2)c1-c1ccc(OC(F)(F)F)cc1. The molecule has 1 aromatic heterocycles. The van der Waals surface area contributed by atoms with Crippen LogP contribution in [-0.2, 0) is 11.8 Å². The molecule has 2 aliphatic carbocycles. The van der Waals surface area contributed by atoms with Crippen molar-refractivity contribution in [1.29, 1.82) is 0 Å². The lowest BCUT2D eigenvalue weighted by Crippen LogP contribution is -2.20. The normalized spacial score (nSPS) is 20.3. The van der Waals surface area contributed by atoms with Gasteiger partial charge in [0.2, 0.25) is 5.91 Å². The minimum absolute atomic E-state index is 0.0332. The van der Waals surface area contributed by atoms with E-state index in [2.05, 4.69) is 42.8 Å². The maximum Gasteiger partial charge on any atom is 0.573 e. The summed E-state index contributed by atoms with van der Waals surface area (Å²) in [5, 5.41) is 7.65. The highest BCUT2D eigenvalue weighted by molar-refractivity contribution is 5.96. The van der Waals surface area contributed by atoms with Crippen molar-refractivity contribution >= 4 is 11.7 Å². The average Bonchev–Trinajstić information content (AvgIpc) is 2.83. The maximum absolute atomic E-state index is 13.0. The van der Waals surface area contributed by atoms with Gasteiger partial charge in [-0.3, -0.25) is 9.48 Å². The molecule has 0 atom stereocenters. The molecule has 1 heterocycles. The van der Waals surface area contributed by atoms with E-state index in [1.807, 2.05) is 0 Å². The predicted molar refractivity (Wildman–Crippen MR) is 112 cm³/mol. The molecule has 2 aliphatic rings. The third kappa shape index (κ3) is 3.70. The van der Waals surface area contributed by atoms with Crippen LogP contribution in [0.1, 0.15) is 58.4 Å². The van der Waals surface area contributed by atoms with E-state index in [9.17, 15) is 18.0 Å². The van der Waals surface area contributed by atoms with Gasteiger partial charge < -0.3 is 10.1 Å².